The van der Waals surface area contributed by atoms with E-state index < -0.39 is 0 Å². The van der Waals surface area contributed by atoms with Crippen molar-refractivity contribution >= 4 is 27.8 Å². The van der Waals surface area contributed by atoms with Crippen LogP contribution in [0.5, 0.6) is 0 Å². The number of aromatic nitrogens is 6. The molecule has 0 radical (unpaired) electrons. The number of benzene rings is 1. The standard InChI is InChI=1S/C25H19FN6/c1-3-5-7-15(4-2)19-10-11-20-22(28-19)23(32-31-20)25-29-21-18(12-13-27-24(21)30-25)16-8-6-9-17(26)14-16/h3-14H,1H2,2H3,(H,31,32)(H,27,29,30)/b7-5-,15-4+. The van der Waals surface area contributed by atoms with E-state index in [0.717, 1.165) is 27.9 Å². The summed E-state index contributed by atoms with van der Waals surface area (Å²) in [6.07, 6.45) is 9.21. The molecule has 6 nitrogen and oxygen atoms in total. The molecular formula is C25H19FN6. The van der Waals surface area contributed by atoms with Crippen molar-refractivity contribution in [3.8, 4) is 22.6 Å². The molecule has 4 heterocycles. The third-order valence-electron chi connectivity index (χ3n) is 5.18. The van der Waals surface area contributed by atoms with E-state index in [1.807, 2.05) is 49.4 Å². The number of aromatic amines is 2. The molecule has 0 aliphatic carbocycles. The van der Waals surface area contributed by atoms with E-state index in [4.69, 9.17) is 4.98 Å². The van der Waals surface area contributed by atoms with E-state index in [0.29, 0.717) is 28.2 Å². The highest BCUT2D eigenvalue weighted by molar-refractivity contribution is 5.94. The Kier molecular flexibility index (Phi) is 4.91. The fraction of sp³-hybridized carbons (Fsp3) is 0.0400. The summed E-state index contributed by atoms with van der Waals surface area (Å²) in [5, 5.41) is 7.46. The Hall–Kier alpha value is -4.39. The first-order valence-corrected chi connectivity index (χ1v) is 10.1. The van der Waals surface area contributed by atoms with E-state index in [-0.39, 0.29) is 5.82 Å². The number of rotatable bonds is 5. The lowest BCUT2D eigenvalue weighted by molar-refractivity contribution is 0.628. The van der Waals surface area contributed by atoms with E-state index in [1.165, 1.54) is 12.1 Å². The second-order valence-corrected chi connectivity index (χ2v) is 7.16. The predicted octanol–water partition coefficient (Wildman–Crippen LogP) is 5.85. The number of hydrogen-bond acceptors (Lipinski definition) is 4. The molecular weight excluding hydrogens is 403 g/mol. The lowest BCUT2D eigenvalue weighted by Crippen LogP contribution is -1.89. The first kappa shape index (κ1) is 19.6. The maximum Gasteiger partial charge on any atom is 0.178 e. The smallest absolute Gasteiger partial charge is 0.178 e. The molecule has 1 aromatic carbocycles. The van der Waals surface area contributed by atoms with Crippen LogP contribution < -0.4 is 0 Å². The number of imidazole rings is 1. The molecule has 0 amide bonds. The van der Waals surface area contributed by atoms with Gasteiger partial charge in [0.05, 0.1) is 16.7 Å². The molecule has 0 bridgehead atoms. The minimum absolute atomic E-state index is 0.299. The minimum atomic E-state index is -0.299. The minimum Gasteiger partial charge on any atom is -0.335 e. The third kappa shape index (κ3) is 3.39. The second-order valence-electron chi connectivity index (χ2n) is 7.16. The Labute approximate surface area is 183 Å². The quantitative estimate of drug-likeness (QED) is 0.348. The third-order valence-corrected chi connectivity index (χ3v) is 5.18. The van der Waals surface area contributed by atoms with Crippen molar-refractivity contribution in [1.82, 2.24) is 30.1 Å². The highest BCUT2D eigenvalue weighted by atomic mass is 19.1. The normalized spacial score (nSPS) is 12.2. The van der Waals surface area contributed by atoms with Gasteiger partial charge in [-0.1, -0.05) is 43.0 Å². The van der Waals surface area contributed by atoms with Gasteiger partial charge in [0.1, 0.15) is 11.3 Å². The summed E-state index contributed by atoms with van der Waals surface area (Å²) in [6, 6.07) is 12.2. The van der Waals surface area contributed by atoms with Crippen LogP contribution in [-0.2, 0) is 0 Å². The number of hydrogen-bond donors (Lipinski definition) is 2. The molecule has 7 heteroatoms. The van der Waals surface area contributed by atoms with Gasteiger partial charge in [-0.05, 0) is 48.4 Å². The van der Waals surface area contributed by atoms with Gasteiger partial charge >= 0.3 is 0 Å². The summed E-state index contributed by atoms with van der Waals surface area (Å²) in [4.78, 5) is 17.1. The van der Waals surface area contributed by atoms with Gasteiger partial charge in [-0.25, -0.2) is 19.3 Å². The first-order valence-electron chi connectivity index (χ1n) is 10.1. The molecule has 156 valence electrons. The van der Waals surface area contributed by atoms with Gasteiger partial charge in [0, 0.05) is 11.8 Å². The number of pyridine rings is 2. The number of allylic oxidation sites excluding steroid dienone is 5. The highest BCUT2D eigenvalue weighted by Crippen LogP contribution is 2.30. The molecule has 32 heavy (non-hydrogen) atoms. The zero-order valence-electron chi connectivity index (χ0n) is 17.3. The molecule has 5 aromatic rings. The van der Waals surface area contributed by atoms with Crippen molar-refractivity contribution in [2.45, 2.75) is 6.92 Å². The monoisotopic (exact) mass is 422 g/mol. The van der Waals surface area contributed by atoms with E-state index in [2.05, 4.69) is 31.7 Å². The van der Waals surface area contributed by atoms with Crippen LogP contribution >= 0.6 is 0 Å². The first-order chi connectivity index (χ1) is 15.7. The Bertz CT molecular complexity index is 1520. The largest absolute Gasteiger partial charge is 0.335 e. The van der Waals surface area contributed by atoms with Crippen molar-refractivity contribution in [3.63, 3.8) is 0 Å². The molecule has 0 aliphatic rings. The molecule has 5 rings (SSSR count). The molecule has 0 atom stereocenters. The van der Waals surface area contributed by atoms with Gasteiger partial charge in [0.25, 0.3) is 0 Å². The topological polar surface area (TPSA) is 83.1 Å². The van der Waals surface area contributed by atoms with Crippen LogP contribution in [-0.4, -0.2) is 30.1 Å². The Balaban J connectivity index is 1.65. The second kappa shape index (κ2) is 8.03. The van der Waals surface area contributed by atoms with Gasteiger partial charge in [0.2, 0.25) is 0 Å². The SMILES string of the molecule is C=C/C=C\C(=C/C)c1ccc2[nH]nc(-c3nc4nccc(-c5cccc(F)c5)c4[nH]3)c2n1. The van der Waals surface area contributed by atoms with Crippen LogP contribution in [0.15, 0.2) is 79.5 Å². The molecule has 2 N–H and O–H groups in total. The van der Waals surface area contributed by atoms with Crippen LogP contribution in [0, 0.1) is 5.82 Å². The highest BCUT2D eigenvalue weighted by Gasteiger charge is 2.17. The average molecular weight is 422 g/mol. The summed E-state index contributed by atoms with van der Waals surface area (Å²) >= 11 is 0. The van der Waals surface area contributed by atoms with Crippen molar-refractivity contribution in [2.24, 2.45) is 0 Å². The van der Waals surface area contributed by atoms with Crippen LogP contribution in [0.2, 0.25) is 0 Å². The van der Waals surface area contributed by atoms with E-state index >= 15 is 0 Å². The number of nitrogens with one attached hydrogen (secondary N) is 2. The summed E-state index contributed by atoms with van der Waals surface area (Å²) in [5.74, 6) is 0.239. The molecule has 0 unspecified atom stereocenters. The van der Waals surface area contributed by atoms with Crippen molar-refractivity contribution in [1.29, 1.82) is 0 Å². The summed E-state index contributed by atoms with van der Waals surface area (Å²) < 4.78 is 13.8. The van der Waals surface area contributed by atoms with E-state index in [1.54, 1.807) is 18.3 Å². The van der Waals surface area contributed by atoms with Crippen molar-refractivity contribution < 1.29 is 4.39 Å². The van der Waals surface area contributed by atoms with Gasteiger partial charge < -0.3 is 4.98 Å². The van der Waals surface area contributed by atoms with Gasteiger partial charge in [-0.15, -0.1) is 0 Å². The number of nitrogens with zero attached hydrogens (tertiary/aromatic N) is 4. The van der Waals surface area contributed by atoms with Crippen LogP contribution in [0.1, 0.15) is 12.6 Å². The van der Waals surface area contributed by atoms with Gasteiger partial charge in [-0.3, -0.25) is 5.10 Å². The molecule has 0 saturated carbocycles. The predicted molar refractivity (Wildman–Crippen MR) is 125 cm³/mol. The average Bonchev–Trinajstić information content (AvgIpc) is 3.43. The van der Waals surface area contributed by atoms with Crippen LogP contribution in [0.3, 0.4) is 0 Å². The van der Waals surface area contributed by atoms with Crippen LogP contribution in [0.25, 0.3) is 50.4 Å². The van der Waals surface area contributed by atoms with Crippen molar-refractivity contribution in [3.05, 3.63) is 91.1 Å². The van der Waals surface area contributed by atoms with Crippen molar-refractivity contribution in [2.75, 3.05) is 0 Å². The summed E-state index contributed by atoms with van der Waals surface area (Å²) in [5.41, 5.74) is 6.66. The molecule has 4 aromatic heterocycles. The fourth-order valence-corrected chi connectivity index (χ4v) is 3.65. The summed E-state index contributed by atoms with van der Waals surface area (Å²) in [6.45, 7) is 5.68. The Morgan fingerprint density at radius 3 is 2.84 bits per heavy atom. The maximum atomic E-state index is 13.8. The maximum absolute atomic E-state index is 13.8. The lowest BCUT2D eigenvalue weighted by atomic mass is 10.1. The molecule has 0 aliphatic heterocycles. The molecule has 0 spiro atoms. The van der Waals surface area contributed by atoms with Gasteiger partial charge in [0.15, 0.2) is 17.2 Å². The number of halogens is 1. The lowest BCUT2D eigenvalue weighted by Gasteiger charge is -2.02. The summed E-state index contributed by atoms with van der Waals surface area (Å²) in [7, 11) is 0. The van der Waals surface area contributed by atoms with Gasteiger partial charge in [-0.2, -0.15) is 5.10 Å². The Morgan fingerprint density at radius 1 is 1.12 bits per heavy atom. The number of fused-ring (bicyclic) bond motifs is 2. The molecule has 0 saturated heterocycles. The zero-order valence-corrected chi connectivity index (χ0v) is 17.3. The van der Waals surface area contributed by atoms with E-state index in [9.17, 15) is 4.39 Å². The number of H-pyrrole nitrogens is 2. The zero-order chi connectivity index (χ0) is 22.1. The molecule has 0 fully saturated rings. The fourth-order valence-electron chi connectivity index (χ4n) is 3.65. The van der Waals surface area contributed by atoms with Crippen LogP contribution in [0.4, 0.5) is 4.39 Å². The Morgan fingerprint density at radius 2 is 2.03 bits per heavy atom.